The fourth-order valence-corrected chi connectivity index (χ4v) is 2.12. The van der Waals surface area contributed by atoms with Gasteiger partial charge in [-0.05, 0) is 20.3 Å². The summed E-state index contributed by atoms with van der Waals surface area (Å²) in [5, 5.41) is 2.89. The Bertz CT molecular complexity index is 561. The van der Waals surface area contributed by atoms with E-state index in [4.69, 9.17) is 0 Å². The third-order valence-corrected chi connectivity index (χ3v) is 3.06. The molecule has 0 aliphatic carbocycles. The number of aromatic nitrogens is 2. The molecule has 0 spiro atoms. The van der Waals surface area contributed by atoms with Gasteiger partial charge < -0.3 is 0 Å². The average Bonchev–Trinajstić information content (AvgIpc) is 2.66. The standard InChI is InChI=1S/C14H18N2O/c1-4-12-13(16(5-2)15-14(12)17)11-8-6-10(3)7-9-11/h6-9H,4-5H2,1-3H3,(H,15,17). The largest absolute Gasteiger partial charge is 0.284 e. The molecule has 1 N–H and O–H groups in total. The van der Waals surface area contributed by atoms with E-state index in [9.17, 15) is 4.79 Å². The summed E-state index contributed by atoms with van der Waals surface area (Å²) in [6, 6.07) is 8.30. The fourth-order valence-electron chi connectivity index (χ4n) is 2.12. The van der Waals surface area contributed by atoms with Gasteiger partial charge in [0.15, 0.2) is 0 Å². The zero-order chi connectivity index (χ0) is 12.4. The van der Waals surface area contributed by atoms with E-state index in [0.717, 1.165) is 29.8 Å². The van der Waals surface area contributed by atoms with Crippen LogP contribution < -0.4 is 5.56 Å². The van der Waals surface area contributed by atoms with Crippen molar-refractivity contribution in [2.45, 2.75) is 33.7 Å². The molecule has 1 aromatic carbocycles. The van der Waals surface area contributed by atoms with Crippen molar-refractivity contribution in [1.29, 1.82) is 0 Å². The Balaban J connectivity index is 2.64. The summed E-state index contributed by atoms with van der Waals surface area (Å²) in [5.74, 6) is 0. The van der Waals surface area contributed by atoms with Gasteiger partial charge in [0.2, 0.25) is 0 Å². The van der Waals surface area contributed by atoms with Gasteiger partial charge in [-0.25, -0.2) is 0 Å². The number of nitrogens with zero attached hydrogens (tertiary/aromatic N) is 1. The topological polar surface area (TPSA) is 37.8 Å². The van der Waals surface area contributed by atoms with Crippen LogP contribution in [0, 0.1) is 6.92 Å². The van der Waals surface area contributed by atoms with E-state index in [1.807, 2.05) is 18.5 Å². The Morgan fingerprint density at radius 2 is 1.82 bits per heavy atom. The first-order chi connectivity index (χ1) is 8.17. The molecular formula is C14H18N2O. The highest BCUT2D eigenvalue weighted by molar-refractivity contribution is 5.63. The number of hydrogen-bond donors (Lipinski definition) is 1. The van der Waals surface area contributed by atoms with Gasteiger partial charge in [-0.3, -0.25) is 14.6 Å². The molecule has 0 aliphatic heterocycles. The van der Waals surface area contributed by atoms with Crippen molar-refractivity contribution in [1.82, 2.24) is 9.78 Å². The predicted molar refractivity (Wildman–Crippen MR) is 70.3 cm³/mol. The molecule has 1 heterocycles. The van der Waals surface area contributed by atoms with Crippen LogP contribution in [0.2, 0.25) is 0 Å². The maximum Gasteiger partial charge on any atom is 0.267 e. The van der Waals surface area contributed by atoms with Gasteiger partial charge in [0.25, 0.3) is 5.56 Å². The Labute approximate surface area is 101 Å². The van der Waals surface area contributed by atoms with Crippen LogP contribution in [-0.2, 0) is 13.0 Å². The highest BCUT2D eigenvalue weighted by Crippen LogP contribution is 2.22. The van der Waals surface area contributed by atoms with E-state index in [2.05, 4.69) is 36.3 Å². The molecule has 0 radical (unpaired) electrons. The van der Waals surface area contributed by atoms with Crippen molar-refractivity contribution in [3.05, 3.63) is 45.7 Å². The van der Waals surface area contributed by atoms with Crippen LogP contribution in [-0.4, -0.2) is 9.78 Å². The van der Waals surface area contributed by atoms with Crippen molar-refractivity contribution in [3.8, 4) is 11.3 Å². The zero-order valence-corrected chi connectivity index (χ0v) is 10.6. The van der Waals surface area contributed by atoms with Crippen LogP contribution in [0.5, 0.6) is 0 Å². The Morgan fingerprint density at radius 3 is 2.35 bits per heavy atom. The number of rotatable bonds is 3. The summed E-state index contributed by atoms with van der Waals surface area (Å²) in [6.45, 7) is 6.89. The average molecular weight is 230 g/mol. The van der Waals surface area contributed by atoms with Crippen molar-refractivity contribution < 1.29 is 0 Å². The third-order valence-electron chi connectivity index (χ3n) is 3.06. The number of nitrogens with one attached hydrogen (secondary N) is 1. The van der Waals surface area contributed by atoms with Gasteiger partial charge in [-0.2, -0.15) is 0 Å². The lowest BCUT2D eigenvalue weighted by Gasteiger charge is -2.08. The minimum atomic E-state index is 0.0323. The second kappa shape index (κ2) is 4.62. The van der Waals surface area contributed by atoms with Crippen LogP contribution in [0.15, 0.2) is 29.1 Å². The van der Waals surface area contributed by atoms with E-state index in [-0.39, 0.29) is 5.56 Å². The normalized spacial score (nSPS) is 10.8. The van der Waals surface area contributed by atoms with Gasteiger partial charge in [0.05, 0.1) is 5.69 Å². The molecule has 3 heteroatoms. The summed E-state index contributed by atoms with van der Waals surface area (Å²) in [6.07, 6.45) is 0.755. The predicted octanol–water partition coefficient (Wildman–Crippen LogP) is 2.73. The monoisotopic (exact) mass is 230 g/mol. The Kier molecular flexibility index (Phi) is 3.18. The Hall–Kier alpha value is -1.77. The van der Waals surface area contributed by atoms with Crippen molar-refractivity contribution >= 4 is 0 Å². The quantitative estimate of drug-likeness (QED) is 0.865. The minimum Gasteiger partial charge on any atom is -0.284 e. The molecule has 1 aromatic heterocycles. The van der Waals surface area contributed by atoms with E-state index in [1.54, 1.807) is 0 Å². The molecule has 0 fully saturated rings. The van der Waals surface area contributed by atoms with Crippen LogP contribution in [0.4, 0.5) is 0 Å². The van der Waals surface area contributed by atoms with Crippen LogP contribution in [0.3, 0.4) is 0 Å². The van der Waals surface area contributed by atoms with Gasteiger partial charge in [-0.15, -0.1) is 0 Å². The molecule has 0 bridgehead atoms. The maximum atomic E-state index is 11.8. The van der Waals surface area contributed by atoms with Crippen LogP contribution in [0.25, 0.3) is 11.3 Å². The second-order valence-electron chi connectivity index (χ2n) is 4.23. The first-order valence-corrected chi connectivity index (χ1v) is 6.06. The molecule has 2 aromatic rings. The van der Waals surface area contributed by atoms with Crippen molar-refractivity contribution in [2.75, 3.05) is 0 Å². The van der Waals surface area contributed by atoms with E-state index in [1.165, 1.54) is 5.56 Å². The second-order valence-corrected chi connectivity index (χ2v) is 4.23. The number of aryl methyl sites for hydroxylation is 2. The molecule has 0 saturated carbocycles. The van der Waals surface area contributed by atoms with Crippen LogP contribution in [0.1, 0.15) is 25.0 Å². The molecule has 0 saturated heterocycles. The Morgan fingerprint density at radius 1 is 1.18 bits per heavy atom. The highest BCUT2D eigenvalue weighted by atomic mass is 16.1. The molecule has 3 nitrogen and oxygen atoms in total. The van der Waals surface area contributed by atoms with E-state index in [0.29, 0.717) is 0 Å². The zero-order valence-electron chi connectivity index (χ0n) is 10.6. The molecule has 17 heavy (non-hydrogen) atoms. The summed E-state index contributed by atoms with van der Waals surface area (Å²) in [4.78, 5) is 11.8. The van der Waals surface area contributed by atoms with E-state index >= 15 is 0 Å². The molecule has 2 rings (SSSR count). The third kappa shape index (κ3) is 2.05. The molecule has 0 unspecified atom stereocenters. The summed E-state index contributed by atoms with van der Waals surface area (Å²) in [7, 11) is 0. The lowest BCUT2D eigenvalue weighted by molar-refractivity contribution is 0.660. The molecule has 0 aliphatic rings. The molecule has 0 amide bonds. The minimum absolute atomic E-state index is 0.0323. The fraction of sp³-hybridized carbons (Fsp3) is 0.357. The van der Waals surface area contributed by atoms with Gasteiger partial charge in [0.1, 0.15) is 0 Å². The summed E-state index contributed by atoms with van der Waals surface area (Å²) < 4.78 is 1.92. The lowest BCUT2D eigenvalue weighted by atomic mass is 10.0. The number of aromatic amines is 1. The van der Waals surface area contributed by atoms with Gasteiger partial charge in [-0.1, -0.05) is 36.8 Å². The number of benzene rings is 1. The highest BCUT2D eigenvalue weighted by Gasteiger charge is 2.13. The number of hydrogen-bond acceptors (Lipinski definition) is 1. The van der Waals surface area contributed by atoms with E-state index < -0.39 is 0 Å². The number of H-pyrrole nitrogens is 1. The SMILES string of the molecule is CCc1c(-c2ccc(C)cc2)n(CC)[nH]c1=O. The molecular weight excluding hydrogens is 212 g/mol. The lowest BCUT2D eigenvalue weighted by Crippen LogP contribution is -2.06. The van der Waals surface area contributed by atoms with Gasteiger partial charge in [0, 0.05) is 17.7 Å². The molecule has 0 atom stereocenters. The summed E-state index contributed by atoms with van der Waals surface area (Å²) >= 11 is 0. The van der Waals surface area contributed by atoms with Gasteiger partial charge >= 0.3 is 0 Å². The maximum absolute atomic E-state index is 11.8. The first kappa shape index (κ1) is 11.7. The first-order valence-electron chi connectivity index (χ1n) is 6.06. The van der Waals surface area contributed by atoms with Crippen LogP contribution >= 0.6 is 0 Å². The summed E-state index contributed by atoms with van der Waals surface area (Å²) in [5.41, 5.74) is 4.26. The molecule has 90 valence electrons. The van der Waals surface area contributed by atoms with Crippen molar-refractivity contribution in [3.63, 3.8) is 0 Å². The smallest absolute Gasteiger partial charge is 0.267 e. The van der Waals surface area contributed by atoms with Crippen molar-refractivity contribution in [2.24, 2.45) is 0 Å².